The number of ketones is 1. The van der Waals surface area contributed by atoms with Gasteiger partial charge in [0.05, 0.1) is 6.61 Å². The van der Waals surface area contributed by atoms with E-state index in [0.29, 0.717) is 23.2 Å². The summed E-state index contributed by atoms with van der Waals surface area (Å²) in [5.74, 6) is -0.0348. The number of benzene rings is 2. The van der Waals surface area contributed by atoms with Crippen molar-refractivity contribution >= 4 is 5.78 Å². The van der Waals surface area contributed by atoms with Gasteiger partial charge in [0.1, 0.15) is 6.73 Å². The van der Waals surface area contributed by atoms with Crippen molar-refractivity contribution in [1.29, 1.82) is 0 Å². The highest BCUT2D eigenvalue weighted by molar-refractivity contribution is 5.93. The third-order valence-corrected chi connectivity index (χ3v) is 4.99. The number of carbonyl (C=O) groups is 1. The number of hydrogen-bond acceptors (Lipinski definition) is 4. The number of carbonyl (C=O) groups excluding carboxylic acids is 1. The first kappa shape index (κ1) is 21.5. The topological polar surface area (TPSA) is 81.2 Å². The third-order valence-electron chi connectivity index (χ3n) is 4.99. The molecule has 6 nitrogen and oxygen atoms in total. The summed E-state index contributed by atoms with van der Waals surface area (Å²) >= 11 is 0. The Morgan fingerprint density at radius 1 is 1.00 bits per heavy atom. The lowest BCUT2D eigenvalue weighted by atomic mass is 9.98. The molecule has 0 unspecified atom stereocenters. The van der Waals surface area contributed by atoms with Gasteiger partial charge in [0.25, 0.3) is 5.56 Å². The molecule has 1 heterocycles. The average Bonchev–Trinajstić information content (AvgIpc) is 2.71. The van der Waals surface area contributed by atoms with Crippen LogP contribution in [0.4, 0.5) is 0 Å². The summed E-state index contributed by atoms with van der Waals surface area (Å²) < 4.78 is 7.29. The van der Waals surface area contributed by atoms with Crippen molar-refractivity contribution < 1.29 is 9.53 Å². The van der Waals surface area contributed by atoms with Crippen LogP contribution in [0.15, 0.2) is 64.2 Å². The van der Waals surface area contributed by atoms with Crippen LogP contribution < -0.4 is 11.2 Å². The van der Waals surface area contributed by atoms with E-state index in [9.17, 15) is 14.4 Å². The Labute approximate surface area is 175 Å². The molecule has 0 spiro atoms. The first-order valence-corrected chi connectivity index (χ1v) is 9.94. The summed E-state index contributed by atoms with van der Waals surface area (Å²) in [4.78, 5) is 38.9. The minimum atomic E-state index is -0.484. The zero-order valence-corrected chi connectivity index (χ0v) is 17.5. The van der Waals surface area contributed by atoms with Gasteiger partial charge >= 0.3 is 5.69 Å². The van der Waals surface area contributed by atoms with Gasteiger partial charge in [-0.25, -0.2) is 4.79 Å². The van der Waals surface area contributed by atoms with Crippen molar-refractivity contribution in [3.8, 4) is 0 Å². The van der Waals surface area contributed by atoms with Crippen LogP contribution in [0.25, 0.3) is 0 Å². The van der Waals surface area contributed by atoms with Crippen molar-refractivity contribution in [2.45, 2.75) is 46.4 Å². The molecule has 0 bridgehead atoms. The highest BCUT2D eigenvalue weighted by atomic mass is 16.5. The molecule has 0 aliphatic heterocycles. The Bertz CT molecular complexity index is 1130. The second-order valence-corrected chi connectivity index (χ2v) is 7.60. The SMILES string of the molecule is CC(=O)c1ccc(COCn2c(Cc3ccccc3)c(C(C)C)c(=O)[nH]c2=O)cc1. The minimum Gasteiger partial charge on any atom is -0.356 e. The highest BCUT2D eigenvalue weighted by Crippen LogP contribution is 2.18. The van der Waals surface area contributed by atoms with Crippen molar-refractivity contribution in [3.63, 3.8) is 0 Å². The van der Waals surface area contributed by atoms with E-state index in [1.807, 2.05) is 56.3 Å². The number of H-pyrrole nitrogens is 1. The summed E-state index contributed by atoms with van der Waals surface area (Å²) in [6.07, 6.45) is 0.462. The van der Waals surface area contributed by atoms with E-state index in [2.05, 4.69) is 4.98 Å². The number of nitrogens with zero attached hydrogens (tertiary/aromatic N) is 1. The van der Waals surface area contributed by atoms with Crippen LogP contribution in [0, 0.1) is 0 Å². The molecule has 0 atom stereocenters. The number of rotatable bonds is 8. The largest absolute Gasteiger partial charge is 0.356 e. The Kier molecular flexibility index (Phi) is 6.79. The zero-order chi connectivity index (χ0) is 21.7. The molecule has 0 amide bonds. The van der Waals surface area contributed by atoms with Gasteiger partial charge in [-0.3, -0.25) is 19.1 Å². The molecule has 0 fully saturated rings. The van der Waals surface area contributed by atoms with Gasteiger partial charge in [-0.15, -0.1) is 0 Å². The van der Waals surface area contributed by atoms with Crippen LogP contribution >= 0.6 is 0 Å². The van der Waals surface area contributed by atoms with Crippen molar-refractivity contribution in [1.82, 2.24) is 9.55 Å². The summed E-state index contributed by atoms with van der Waals surface area (Å²) in [7, 11) is 0. The van der Waals surface area contributed by atoms with Crippen molar-refractivity contribution in [2.75, 3.05) is 0 Å². The maximum atomic E-state index is 12.6. The molecule has 1 N–H and O–H groups in total. The number of ether oxygens (including phenoxy) is 1. The second kappa shape index (κ2) is 9.50. The number of nitrogens with one attached hydrogen (secondary N) is 1. The van der Waals surface area contributed by atoms with Gasteiger partial charge < -0.3 is 4.74 Å². The molecule has 3 rings (SSSR count). The van der Waals surface area contributed by atoms with Crippen molar-refractivity contribution in [3.05, 3.63) is 103 Å². The van der Waals surface area contributed by atoms with E-state index in [0.717, 1.165) is 11.1 Å². The molecule has 0 aliphatic rings. The van der Waals surface area contributed by atoms with Gasteiger partial charge in [-0.05, 0) is 24.0 Å². The highest BCUT2D eigenvalue weighted by Gasteiger charge is 2.18. The van der Waals surface area contributed by atoms with Gasteiger partial charge in [0, 0.05) is 23.2 Å². The standard InChI is InChI=1S/C24H26N2O4/c1-16(2)22-21(13-18-7-5-4-6-8-18)26(24(29)25-23(22)28)15-30-14-19-9-11-20(12-10-19)17(3)27/h4-12,16H,13-15H2,1-3H3,(H,25,28,29). The van der Waals surface area contributed by atoms with E-state index in [1.54, 1.807) is 12.1 Å². The fraction of sp³-hybridized carbons (Fsp3) is 0.292. The first-order chi connectivity index (χ1) is 14.4. The summed E-state index contributed by atoms with van der Waals surface area (Å²) in [5, 5.41) is 0. The predicted molar refractivity (Wildman–Crippen MR) is 116 cm³/mol. The maximum absolute atomic E-state index is 12.6. The molecule has 0 saturated carbocycles. The first-order valence-electron chi connectivity index (χ1n) is 9.94. The molecule has 0 saturated heterocycles. The monoisotopic (exact) mass is 406 g/mol. The van der Waals surface area contributed by atoms with Crippen molar-refractivity contribution in [2.24, 2.45) is 0 Å². The summed E-state index contributed by atoms with van der Waals surface area (Å²) in [6.45, 7) is 5.70. The smallest absolute Gasteiger partial charge is 0.330 e. The van der Waals surface area contributed by atoms with E-state index in [-0.39, 0.29) is 30.6 Å². The van der Waals surface area contributed by atoms with E-state index >= 15 is 0 Å². The lowest BCUT2D eigenvalue weighted by Crippen LogP contribution is -2.36. The van der Waals surface area contributed by atoms with Gasteiger partial charge in [0.2, 0.25) is 0 Å². The lowest BCUT2D eigenvalue weighted by Gasteiger charge is -2.18. The zero-order valence-electron chi connectivity index (χ0n) is 17.5. The molecular weight excluding hydrogens is 380 g/mol. The van der Waals surface area contributed by atoms with Crippen LogP contribution in [-0.4, -0.2) is 15.3 Å². The number of aromatic nitrogens is 2. The molecule has 30 heavy (non-hydrogen) atoms. The number of Topliss-reactive ketones (excluding diaryl/α,β-unsaturated/α-hetero) is 1. The van der Waals surface area contributed by atoms with E-state index in [4.69, 9.17) is 4.74 Å². The molecule has 3 aromatic rings. The third kappa shape index (κ3) is 5.02. The molecule has 156 valence electrons. The maximum Gasteiger partial charge on any atom is 0.330 e. The lowest BCUT2D eigenvalue weighted by molar-refractivity contribution is 0.0588. The number of aromatic amines is 1. The van der Waals surface area contributed by atoms with Gasteiger partial charge in [0.15, 0.2) is 5.78 Å². The fourth-order valence-electron chi connectivity index (χ4n) is 3.43. The van der Waals surface area contributed by atoms with E-state index in [1.165, 1.54) is 11.5 Å². The Hall–Kier alpha value is -3.25. The normalized spacial score (nSPS) is 11.1. The molecule has 2 aromatic carbocycles. The Balaban J connectivity index is 1.87. The molecule has 0 aliphatic carbocycles. The minimum absolute atomic E-state index is 0.00836. The molecule has 0 radical (unpaired) electrons. The van der Waals surface area contributed by atoms with Crippen LogP contribution in [0.3, 0.4) is 0 Å². The second-order valence-electron chi connectivity index (χ2n) is 7.60. The van der Waals surface area contributed by atoms with Gasteiger partial charge in [-0.2, -0.15) is 0 Å². The number of hydrogen-bond donors (Lipinski definition) is 1. The average molecular weight is 406 g/mol. The Morgan fingerprint density at radius 2 is 1.67 bits per heavy atom. The summed E-state index contributed by atoms with van der Waals surface area (Å²) in [5.41, 5.74) is 2.97. The molecule has 6 heteroatoms. The van der Waals surface area contributed by atoms with Crippen LogP contribution in [0.5, 0.6) is 0 Å². The van der Waals surface area contributed by atoms with Crippen LogP contribution in [0.2, 0.25) is 0 Å². The van der Waals surface area contributed by atoms with E-state index < -0.39 is 5.69 Å². The van der Waals surface area contributed by atoms with Crippen LogP contribution in [0.1, 0.15) is 59.4 Å². The predicted octanol–water partition coefficient (Wildman–Crippen LogP) is 3.63. The quantitative estimate of drug-likeness (QED) is 0.579. The molecule has 1 aromatic heterocycles. The summed E-state index contributed by atoms with van der Waals surface area (Å²) in [6, 6.07) is 16.9. The van der Waals surface area contributed by atoms with Gasteiger partial charge in [-0.1, -0.05) is 68.4 Å². The Morgan fingerprint density at radius 3 is 2.27 bits per heavy atom. The van der Waals surface area contributed by atoms with Crippen LogP contribution in [-0.2, 0) is 24.5 Å². The molecular formula is C24H26N2O4. The fourth-order valence-corrected chi connectivity index (χ4v) is 3.43.